The Morgan fingerprint density at radius 3 is 2.56 bits per heavy atom. The first-order valence-corrected chi connectivity index (χ1v) is 7.19. The molecule has 2 N–H and O–H groups in total. The smallest absolute Gasteiger partial charge is 0.0975 e. The third-order valence-electron chi connectivity index (χ3n) is 3.27. The number of nitrogens with zero attached hydrogens (tertiary/aromatic N) is 1. The van der Waals surface area contributed by atoms with Crippen LogP contribution in [0.1, 0.15) is 39.2 Å². The number of hydrogen-bond donors (Lipinski definition) is 1. The lowest BCUT2D eigenvalue weighted by Gasteiger charge is -2.03. The Morgan fingerprint density at radius 1 is 1.22 bits per heavy atom. The van der Waals surface area contributed by atoms with Gasteiger partial charge in [0.2, 0.25) is 0 Å². The summed E-state index contributed by atoms with van der Waals surface area (Å²) in [5, 5.41) is 1.18. The maximum Gasteiger partial charge on any atom is 0.0975 e. The predicted octanol–water partition coefficient (Wildman–Crippen LogP) is 3.37. The van der Waals surface area contributed by atoms with Gasteiger partial charge in [-0.2, -0.15) is 0 Å². The molecule has 0 amide bonds. The second kappa shape index (κ2) is 5.63. The summed E-state index contributed by atoms with van der Waals surface area (Å²) in [6.45, 7) is 7.04. The molecule has 0 atom stereocenters. The van der Waals surface area contributed by atoms with Crippen molar-refractivity contribution in [3.63, 3.8) is 0 Å². The molecule has 1 aromatic heterocycles. The third-order valence-corrected chi connectivity index (χ3v) is 4.39. The summed E-state index contributed by atoms with van der Waals surface area (Å²) >= 11 is 1.75. The average Bonchev–Trinajstić information content (AvgIpc) is 2.76. The quantitative estimate of drug-likeness (QED) is 0.915. The normalized spacial score (nSPS) is 10.9. The average molecular weight is 260 g/mol. The van der Waals surface area contributed by atoms with Crippen molar-refractivity contribution in [3.8, 4) is 0 Å². The summed E-state index contributed by atoms with van der Waals surface area (Å²) in [6.07, 6.45) is 1.88. The number of aromatic nitrogens is 1. The van der Waals surface area contributed by atoms with Crippen molar-refractivity contribution in [1.82, 2.24) is 4.98 Å². The lowest BCUT2D eigenvalue weighted by Crippen LogP contribution is -1.97. The van der Waals surface area contributed by atoms with Crippen LogP contribution in [0.5, 0.6) is 0 Å². The van der Waals surface area contributed by atoms with E-state index in [4.69, 9.17) is 5.73 Å². The van der Waals surface area contributed by atoms with E-state index in [0.717, 1.165) is 12.8 Å². The summed E-state index contributed by atoms with van der Waals surface area (Å²) in [5.74, 6) is 0. The standard InChI is InChI=1S/C15H20N2S/c1-4-13-14(9-16)18-15(17-13)8-12-6-5-10(2)11(3)7-12/h5-7H,4,8-9,16H2,1-3H3. The molecule has 0 bridgehead atoms. The van der Waals surface area contributed by atoms with Gasteiger partial charge in [0, 0.05) is 17.8 Å². The first-order valence-electron chi connectivity index (χ1n) is 6.37. The van der Waals surface area contributed by atoms with Gasteiger partial charge in [-0.3, -0.25) is 0 Å². The molecule has 0 saturated heterocycles. The zero-order valence-corrected chi connectivity index (χ0v) is 12.1. The lowest BCUT2D eigenvalue weighted by atomic mass is 10.0. The number of rotatable bonds is 4. The Hall–Kier alpha value is -1.19. The molecule has 0 aliphatic heterocycles. The predicted molar refractivity (Wildman–Crippen MR) is 78.1 cm³/mol. The molecule has 0 radical (unpaired) electrons. The van der Waals surface area contributed by atoms with E-state index in [1.807, 2.05) is 0 Å². The second-order valence-electron chi connectivity index (χ2n) is 4.63. The van der Waals surface area contributed by atoms with Crippen LogP contribution in [0.4, 0.5) is 0 Å². The monoisotopic (exact) mass is 260 g/mol. The maximum absolute atomic E-state index is 5.75. The molecule has 0 aliphatic carbocycles. The SMILES string of the molecule is CCc1nc(Cc2ccc(C)c(C)c2)sc1CN. The van der Waals surface area contributed by atoms with Crippen LogP contribution in [0.25, 0.3) is 0 Å². The van der Waals surface area contributed by atoms with Crippen molar-refractivity contribution in [2.75, 3.05) is 0 Å². The van der Waals surface area contributed by atoms with Gasteiger partial charge in [0.05, 0.1) is 10.7 Å². The molecule has 2 nitrogen and oxygen atoms in total. The van der Waals surface area contributed by atoms with Crippen LogP contribution in [-0.4, -0.2) is 4.98 Å². The Bertz CT molecular complexity index is 522. The molecule has 96 valence electrons. The van der Waals surface area contributed by atoms with Crippen LogP contribution in [-0.2, 0) is 19.4 Å². The first-order chi connectivity index (χ1) is 8.63. The Labute approximate surface area is 113 Å². The molecule has 2 rings (SSSR count). The first kappa shape index (κ1) is 13.2. The molecule has 18 heavy (non-hydrogen) atoms. The summed E-state index contributed by atoms with van der Waals surface area (Å²) in [6, 6.07) is 6.63. The number of hydrogen-bond acceptors (Lipinski definition) is 3. The number of benzene rings is 1. The van der Waals surface area contributed by atoms with Crippen molar-refractivity contribution in [3.05, 3.63) is 50.5 Å². The lowest BCUT2D eigenvalue weighted by molar-refractivity contribution is 0.968. The van der Waals surface area contributed by atoms with Gasteiger partial charge in [-0.1, -0.05) is 25.1 Å². The molecule has 0 saturated carbocycles. The minimum absolute atomic E-state index is 0.605. The highest BCUT2D eigenvalue weighted by Crippen LogP contribution is 2.22. The van der Waals surface area contributed by atoms with Crippen LogP contribution >= 0.6 is 11.3 Å². The van der Waals surface area contributed by atoms with Gasteiger partial charge in [0.25, 0.3) is 0 Å². The van der Waals surface area contributed by atoms with E-state index in [1.54, 1.807) is 11.3 Å². The van der Waals surface area contributed by atoms with E-state index < -0.39 is 0 Å². The van der Waals surface area contributed by atoms with Crippen molar-refractivity contribution < 1.29 is 0 Å². The molecule has 0 aliphatic rings. The summed E-state index contributed by atoms with van der Waals surface area (Å²) in [7, 11) is 0. The van der Waals surface area contributed by atoms with Gasteiger partial charge < -0.3 is 5.73 Å². The van der Waals surface area contributed by atoms with E-state index in [-0.39, 0.29) is 0 Å². The van der Waals surface area contributed by atoms with Crippen LogP contribution in [0.15, 0.2) is 18.2 Å². The summed E-state index contributed by atoms with van der Waals surface area (Å²) in [5.41, 5.74) is 10.9. The fourth-order valence-corrected chi connectivity index (χ4v) is 3.11. The van der Waals surface area contributed by atoms with Crippen molar-refractivity contribution in [2.24, 2.45) is 5.73 Å². The Kier molecular flexibility index (Phi) is 4.15. The molecular formula is C15H20N2S. The third kappa shape index (κ3) is 2.79. The highest BCUT2D eigenvalue weighted by Gasteiger charge is 2.09. The van der Waals surface area contributed by atoms with Crippen molar-refractivity contribution in [1.29, 1.82) is 0 Å². The van der Waals surface area contributed by atoms with Gasteiger partial charge in [-0.25, -0.2) is 4.98 Å². The van der Waals surface area contributed by atoms with Crippen LogP contribution in [0.3, 0.4) is 0 Å². The second-order valence-corrected chi connectivity index (χ2v) is 5.80. The largest absolute Gasteiger partial charge is 0.326 e. The van der Waals surface area contributed by atoms with Gasteiger partial charge >= 0.3 is 0 Å². The zero-order valence-electron chi connectivity index (χ0n) is 11.3. The minimum atomic E-state index is 0.605. The molecule has 3 heteroatoms. The van der Waals surface area contributed by atoms with E-state index in [9.17, 15) is 0 Å². The van der Waals surface area contributed by atoms with Crippen molar-refractivity contribution >= 4 is 11.3 Å². The summed E-state index contributed by atoms with van der Waals surface area (Å²) < 4.78 is 0. The van der Waals surface area contributed by atoms with Crippen LogP contribution in [0, 0.1) is 13.8 Å². The fraction of sp³-hybridized carbons (Fsp3) is 0.400. The molecule has 1 heterocycles. The Balaban J connectivity index is 2.22. The van der Waals surface area contributed by atoms with Crippen LogP contribution < -0.4 is 5.73 Å². The highest BCUT2D eigenvalue weighted by molar-refractivity contribution is 7.11. The molecular weight excluding hydrogens is 240 g/mol. The number of aryl methyl sites for hydroxylation is 3. The fourth-order valence-electron chi connectivity index (χ4n) is 2.04. The maximum atomic E-state index is 5.75. The van der Waals surface area contributed by atoms with Gasteiger partial charge in [-0.15, -0.1) is 11.3 Å². The summed E-state index contributed by atoms with van der Waals surface area (Å²) in [4.78, 5) is 5.92. The zero-order chi connectivity index (χ0) is 13.1. The van der Waals surface area contributed by atoms with Crippen molar-refractivity contribution in [2.45, 2.75) is 40.2 Å². The molecule has 1 aromatic carbocycles. The van der Waals surface area contributed by atoms with Crippen LogP contribution in [0.2, 0.25) is 0 Å². The van der Waals surface area contributed by atoms with E-state index >= 15 is 0 Å². The minimum Gasteiger partial charge on any atom is -0.326 e. The van der Waals surface area contributed by atoms with Gasteiger partial charge in [-0.05, 0) is 37.0 Å². The van der Waals surface area contributed by atoms with E-state index in [2.05, 4.69) is 44.0 Å². The number of nitrogens with two attached hydrogens (primary N) is 1. The molecule has 0 unspecified atom stereocenters. The highest BCUT2D eigenvalue weighted by atomic mass is 32.1. The Morgan fingerprint density at radius 2 is 2.00 bits per heavy atom. The molecule has 0 spiro atoms. The van der Waals surface area contributed by atoms with Gasteiger partial charge in [0.1, 0.15) is 0 Å². The topological polar surface area (TPSA) is 38.9 Å². The number of thiazole rings is 1. The molecule has 2 aromatic rings. The van der Waals surface area contributed by atoms with Gasteiger partial charge in [0.15, 0.2) is 0 Å². The van der Waals surface area contributed by atoms with E-state index in [0.29, 0.717) is 6.54 Å². The molecule has 0 fully saturated rings. The van der Waals surface area contributed by atoms with E-state index in [1.165, 1.54) is 32.3 Å².